The van der Waals surface area contributed by atoms with Crippen LogP contribution in [0.25, 0.3) is 11.1 Å². The van der Waals surface area contributed by atoms with E-state index in [-0.39, 0.29) is 11.5 Å². The zero-order valence-electron chi connectivity index (χ0n) is 9.66. The van der Waals surface area contributed by atoms with Gasteiger partial charge >= 0.3 is 0 Å². The van der Waals surface area contributed by atoms with Gasteiger partial charge in [-0.25, -0.2) is 0 Å². The molecule has 0 aliphatic heterocycles. The van der Waals surface area contributed by atoms with Crippen LogP contribution in [-0.2, 0) is 0 Å². The average Bonchev–Trinajstić information content (AvgIpc) is 2.39. The van der Waals surface area contributed by atoms with E-state index in [9.17, 15) is 14.9 Å². The maximum Gasteiger partial charge on any atom is 0.270 e. The van der Waals surface area contributed by atoms with Gasteiger partial charge in [0.25, 0.3) is 5.69 Å². The van der Waals surface area contributed by atoms with E-state index in [1.807, 2.05) is 0 Å². The van der Waals surface area contributed by atoms with Crippen molar-refractivity contribution in [2.45, 2.75) is 6.92 Å². The Hall–Kier alpha value is -2.56. The molecule has 0 radical (unpaired) electrons. The summed E-state index contributed by atoms with van der Waals surface area (Å²) in [5.41, 5.74) is 1.85. The zero-order chi connectivity index (χ0) is 13.1. The molecule has 0 spiro atoms. The summed E-state index contributed by atoms with van der Waals surface area (Å²) >= 11 is 0. The van der Waals surface area contributed by atoms with Gasteiger partial charge in [0.2, 0.25) is 0 Å². The number of non-ortho nitro benzene ring substituents is 1. The molecular formula is C13H10N2O3. The molecule has 1 heterocycles. The Labute approximate surface area is 103 Å². The lowest BCUT2D eigenvalue weighted by atomic mass is 10.0. The first-order valence-corrected chi connectivity index (χ1v) is 5.29. The number of Topliss-reactive ketones (excluding diaryl/α,β-unsaturated/α-hetero) is 1. The standard InChI is InChI=1S/C13H10N2O3/c1-9(16)11-5-12(8-14-7-11)10-3-2-4-13(6-10)15(17)18/h2-8H,1H3. The highest BCUT2D eigenvalue weighted by Crippen LogP contribution is 2.23. The Morgan fingerprint density at radius 2 is 2.00 bits per heavy atom. The normalized spacial score (nSPS) is 10.1. The molecule has 0 fully saturated rings. The van der Waals surface area contributed by atoms with Gasteiger partial charge in [-0.1, -0.05) is 12.1 Å². The van der Waals surface area contributed by atoms with Crippen molar-refractivity contribution in [2.75, 3.05) is 0 Å². The molecule has 0 bridgehead atoms. The van der Waals surface area contributed by atoms with Gasteiger partial charge in [0.15, 0.2) is 5.78 Å². The van der Waals surface area contributed by atoms with Crippen molar-refractivity contribution in [1.29, 1.82) is 0 Å². The van der Waals surface area contributed by atoms with Gasteiger partial charge in [-0.05, 0) is 18.6 Å². The number of nitrogens with zero attached hydrogens (tertiary/aromatic N) is 2. The highest BCUT2D eigenvalue weighted by atomic mass is 16.6. The molecule has 0 saturated carbocycles. The van der Waals surface area contributed by atoms with Crippen LogP contribution < -0.4 is 0 Å². The third kappa shape index (κ3) is 2.40. The van der Waals surface area contributed by atoms with Gasteiger partial charge in [-0.15, -0.1) is 0 Å². The Morgan fingerprint density at radius 1 is 1.22 bits per heavy atom. The lowest BCUT2D eigenvalue weighted by molar-refractivity contribution is -0.384. The molecule has 0 atom stereocenters. The molecule has 5 heteroatoms. The molecule has 18 heavy (non-hydrogen) atoms. The molecule has 0 amide bonds. The molecule has 2 aromatic rings. The fourth-order valence-electron chi connectivity index (χ4n) is 1.59. The molecule has 0 unspecified atom stereocenters. The summed E-state index contributed by atoms with van der Waals surface area (Å²) < 4.78 is 0. The van der Waals surface area contributed by atoms with Gasteiger partial charge in [0.1, 0.15) is 0 Å². The highest BCUT2D eigenvalue weighted by Gasteiger charge is 2.08. The van der Waals surface area contributed by atoms with Crippen LogP contribution in [0.2, 0.25) is 0 Å². The van der Waals surface area contributed by atoms with Crippen molar-refractivity contribution in [3.05, 3.63) is 58.4 Å². The molecule has 2 rings (SSSR count). The number of pyridine rings is 1. The number of nitro groups is 1. The van der Waals surface area contributed by atoms with Crippen LogP contribution in [-0.4, -0.2) is 15.7 Å². The summed E-state index contributed by atoms with van der Waals surface area (Å²) in [6, 6.07) is 7.91. The molecule has 0 aliphatic carbocycles. The number of benzene rings is 1. The number of rotatable bonds is 3. The third-order valence-corrected chi connectivity index (χ3v) is 2.54. The Kier molecular flexibility index (Phi) is 3.14. The van der Waals surface area contributed by atoms with Crippen molar-refractivity contribution in [2.24, 2.45) is 0 Å². The van der Waals surface area contributed by atoms with Crippen LogP contribution >= 0.6 is 0 Å². The predicted octanol–water partition coefficient (Wildman–Crippen LogP) is 2.86. The van der Waals surface area contributed by atoms with E-state index >= 15 is 0 Å². The van der Waals surface area contributed by atoms with Crippen molar-refractivity contribution in [3.63, 3.8) is 0 Å². The minimum atomic E-state index is -0.453. The molecule has 1 aromatic heterocycles. The van der Waals surface area contributed by atoms with Crippen LogP contribution in [0.4, 0.5) is 5.69 Å². The maximum atomic E-state index is 11.3. The monoisotopic (exact) mass is 242 g/mol. The lowest BCUT2D eigenvalue weighted by Crippen LogP contribution is -1.94. The summed E-state index contributed by atoms with van der Waals surface area (Å²) in [4.78, 5) is 25.5. The minimum Gasteiger partial charge on any atom is -0.294 e. The first-order chi connectivity index (χ1) is 8.58. The SMILES string of the molecule is CC(=O)c1cncc(-c2cccc([N+](=O)[O-])c2)c1. The van der Waals surface area contributed by atoms with E-state index in [0.29, 0.717) is 16.7 Å². The van der Waals surface area contributed by atoms with Gasteiger partial charge in [-0.2, -0.15) is 0 Å². The quantitative estimate of drug-likeness (QED) is 0.471. The fraction of sp³-hybridized carbons (Fsp3) is 0.0769. The number of aromatic nitrogens is 1. The Morgan fingerprint density at radius 3 is 2.67 bits per heavy atom. The second kappa shape index (κ2) is 4.75. The largest absolute Gasteiger partial charge is 0.294 e. The van der Waals surface area contributed by atoms with Crippen LogP contribution in [0.3, 0.4) is 0 Å². The summed E-state index contributed by atoms with van der Waals surface area (Å²) in [5.74, 6) is -0.0882. The predicted molar refractivity (Wildman–Crippen MR) is 66.3 cm³/mol. The Balaban J connectivity index is 2.48. The summed E-state index contributed by atoms with van der Waals surface area (Å²) in [5, 5.41) is 10.7. The van der Waals surface area contributed by atoms with Crippen LogP contribution in [0.1, 0.15) is 17.3 Å². The molecule has 5 nitrogen and oxygen atoms in total. The number of hydrogen-bond acceptors (Lipinski definition) is 4. The molecular weight excluding hydrogens is 232 g/mol. The van der Waals surface area contributed by atoms with E-state index in [2.05, 4.69) is 4.98 Å². The van der Waals surface area contributed by atoms with E-state index in [0.717, 1.165) is 0 Å². The number of ketones is 1. The average molecular weight is 242 g/mol. The van der Waals surface area contributed by atoms with E-state index in [1.54, 1.807) is 24.4 Å². The smallest absolute Gasteiger partial charge is 0.270 e. The van der Waals surface area contributed by atoms with Gasteiger partial charge in [0.05, 0.1) is 4.92 Å². The lowest BCUT2D eigenvalue weighted by Gasteiger charge is -2.02. The molecule has 1 aromatic carbocycles. The minimum absolute atomic E-state index is 0.0146. The number of hydrogen-bond donors (Lipinski definition) is 0. The number of carbonyl (C=O) groups is 1. The van der Waals surface area contributed by atoms with Crippen molar-refractivity contribution >= 4 is 11.5 Å². The highest BCUT2D eigenvalue weighted by molar-refractivity contribution is 5.94. The van der Waals surface area contributed by atoms with Crippen molar-refractivity contribution < 1.29 is 9.72 Å². The number of nitro benzene ring substituents is 1. The second-order valence-electron chi connectivity index (χ2n) is 3.83. The van der Waals surface area contributed by atoms with E-state index in [1.165, 1.54) is 25.3 Å². The maximum absolute atomic E-state index is 11.3. The summed E-state index contributed by atoms with van der Waals surface area (Å²) in [6.07, 6.45) is 3.05. The van der Waals surface area contributed by atoms with Gasteiger partial charge in [-0.3, -0.25) is 19.9 Å². The zero-order valence-corrected chi connectivity index (χ0v) is 9.66. The first kappa shape index (κ1) is 11.9. The van der Waals surface area contributed by atoms with Crippen molar-refractivity contribution in [1.82, 2.24) is 4.98 Å². The van der Waals surface area contributed by atoms with Gasteiger partial charge < -0.3 is 0 Å². The third-order valence-electron chi connectivity index (χ3n) is 2.54. The second-order valence-corrected chi connectivity index (χ2v) is 3.83. The molecule has 0 aliphatic rings. The van der Waals surface area contributed by atoms with Gasteiger partial charge in [0, 0.05) is 35.7 Å². The summed E-state index contributed by atoms with van der Waals surface area (Å²) in [6.45, 7) is 1.45. The van der Waals surface area contributed by atoms with Crippen LogP contribution in [0.15, 0.2) is 42.7 Å². The topological polar surface area (TPSA) is 73.1 Å². The molecule has 0 N–H and O–H groups in total. The number of carbonyl (C=O) groups excluding carboxylic acids is 1. The van der Waals surface area contributed by atoms with E-state index < -0.39 is 4.92 Å². The first-order valence-electron chi connectivity index (χ1n) is 5.29. The van der Waals surface area contributed by atoms with Crippen molar-refractivity contribution in [3.8, 4) is 11.1 Å². The molecule has 90 valence electrons. The Bertz CT molecular complexity index is 568. The van der Waals surface area contributed by atoms with Crippen LogP contribution in [0, 0.1) is 10.1 Å². The van der Waals surface area contributed by atoms with E-state index in [4.69, 9.17) is 0 Å². The van der Waals surface area contributed by atoms with Crippen LogP contribution in [0.5, 0.6) is 0 Å². The fourth-order valence-corrected chi connectivity index (χ4v) is 1.59. The molecule has 0 saturated heterocycles. The summed E-state index contributed by atoms with van der Waals surface area (Å²) in [7, 11) is 0.